The lowest BCUT2D eigenvalue weighted by molar-refractivity contribution is -0.122. The molecule has 0 saturated carbocycles. The van der Waals surface area contributed by atoms with Gasteiger partial charge in [0, 0.05) is 6.54 Å². The SMILES string of the molecule is CCN1C(=O)C(C)(C)c2cc3[nH]c(C)nc3cc21. The van der Waals surface area contributed by atoms with E-state index < -0.39 is 5.41 Å². The molecule has 4 heteroatoms. The van der Waals surface area contributed by atoms with Crippen molar-refractivity contribution in [2.45, 2.75) is 33.1 Å². The Kier molecular flexibility index (Phi) is 2.09. The molecule has 0 aliphatic carbocycles. The quantitative estimate of drug-likeness (QED) is 0.836. The second kappa shape index (κ2) is 3.34. The third-order valence-corrected chi connectivity index (χ3v) is 3.78. The van der Waals surface area contributed by atoms with Crippen LogP contribution in [0.3, 0.4) is 0 Å². The van der Waals surface area contributed by atoms with E-state index in [0.29, 0.717) is 6.54 Å². The van der Waals surface area contributed by atoms with Gasteiger partial charge in [-0.1, -0.05) is 0 Å². The summed E-state index contributed by atoms with van der Waals surface area (Å²) in [7, 11) is 0. The zero-order valence-electron chi connectivity index (χ0n) is 11.2. The Labute approximate surface area is 106 Å². The van der Waals surface area contributed by atoms with Crippen molar-refractivity contribution in [1.29, 1.82) is 0 Å². The van der Waals surface area contributed by atoms with Gasteiger partial charge in [-0.15, -0.1) is 0 Å². The summed E-state index contributed by atoms with van der Waals surface area (Å²) in [5.74, 6) is 1.07. The summed E-state index contributed by atoms with van der Waals surface area (Å²) in [6, 6.07) is 4.09. The van der Waals surface area contributed by atoms with Gasteiger partial charge in [-0.25, -0.2) is 4.98 Å². The predicted molar refractivity (Wildman–Crippen MR) is 71.9 cm³/mol. The molecule has 1 N–H and O–H groups in total. The average molecular weight is 243 g/mol. The number of nitrogens with one attached hydrogen (secondary N) is 1. The standard InChI is InChI=1S/C14H17N3O/c1-5-17-12-7-11-10(15-8(2)16-11)6-9(12)14(3,4)13(17)18/h6-7H,5H2,1-4H3,(H,15,16). The molecule has 1 aromatic carbocycles. The Hall–Kier alpha value is -1.84. The van der Waals surface area contributed by atoms with Crippen LogP contribution in [0.2, 0.25) is 0 Å². The molecule has 3 rings (SSSR count). The summed E-state index contributed by atoms with van der Waals surface area (Å²) in [5.41, 5.74) is 3.58. The second-order valence-corrected chi connectivity index (χ2v) is 5.38. The minimum Gasteiger partial charge on any atom is -0.342 e. The molecule has 94 valence electrons. The molecular formula is C14H17N3O. The molecule has 0 atom stereocenters. The van der Waals surface area contributed by atoms with Gasteiger partial charge < -0.3 is 9.88 Å². The van der Waals surface area contributed by atoms with Crippen LogP contribution in [0.25, 0.3) is 11.0 Å². The van der Waals surface area contributed by atoms with Crippen molar-refractivity contribution < 1.29 is 4.79 Å². The molecule has 1 aliphatic heterocycles. The van der Waals surface area contributed by atoms with Gasteiger partial charge in [-0.3, -0.25) is 4.79 Å². The molecular weight excluding hydrogens is 226 g/mol. The van der Waals surface area contributed by atoms with Crippen molar-refractivity contribution in [2.24, 2.45) is 0 Å². The van der Waals surface area contributed by atoms with Crippen LogP contribution in [0.4, 0.5) is 5.69 Å². The Bertz CT molecular complexity index is 654. The van der Waals surface area contributed by atoms with Crippen LogP contribution in [-0.2, 0) is 10.2 Å². The van der Waals surface area contributed by atoms with Crippen LogP contribution >= 0.6 is 0 Å². The number of benzene rings is 1. The van der Waals surface area contributed by atoms with Crippen molar-refractivity contribution in [3.8, 4) is 0 Å². The average Bonchev–Trinajstić information content (AvgIpc) is 2.74. The van der Waals surface area contributed by atoms with Gasteiger partial charge in [-0.2, -0.15) is 0 Å². The van der Waals surface area contributed by atoms with E-state index in [2.05, 4.69) is 16.0 Å². The molecule has 0 spiro atoms. The van der Waals surface area contributed by atoms with E-state index in [9.17, 15) is 4.79 Å². The molecule has 2 aromatic rings. The maximum Gasteiger partial charge on any atom is 0.237 e. The number of likely N-dealkylation sites (N-methyl/N-ethyl adjacent to an activating group) is 1. The van der Waals surface area contributed by atoms with Gasteiger partial charge in [0.15, 0.2) is 0 Å². The van der Waals surface area contributed by atoms with E-state index in [1.54, 1.807) is 0 Å². The number of aromatic nitrogens is 2. The number of rotatable bonds is 1. The minimum atomic E-state index is -0.446. The highest BCUT2D eigenvalue weighted by Gasteiger charge is 2.43. The van der Waals surface area contributed by atoms with E-state index in [0.717, 1.165) is 28.1 Å². The molecule has 1 aliphatic rings. The van der Waals surface area contributed by atoms with E-state index in [1.165, 1.54) is 0 Å². The van der Waals surface area contributed by atoms with Crippen LogP contribution in [0.1, 0.15) is 32.2 Å². The second-order valence-electron chi connectivity index (χ2n) is 5.38. The first kappa shape index (κ1) is 11.3. The molecule has 1 amide bonds. The van der Waals surface area contributed by atoms with Crippen molar-refractivity contribution in [1.82, 2.24) is 9.97 Å². The highest BCUT2D eigenvalue weighted by atomic mass is 16.2. The molecule has 0 saturated heterocycles. The molecule has 18 heavy (non-hydrogen) atoms. The van der Waals surface area contributed by atoms with Gasteiger partial charge in [0.05, 0.1) is 22.1 Å². The molecule has 4 nitrogen and oxygen atoms in total. The Morgan fingerprint density at radius 3 is 2.78 bits per heavy atom. The van der Waals surface area contributed by atoms with E-state index in [1.807, 2.05) is 38.7 Å². The number of carbonyl (C=O) groups excluding carboxylic acids is 1. The molecule has 0 bridgehead atoms. The number of hydrogen-bond donors (Lipinski definition) is 1. The first-order valence-electron chi connectivity index (χ1n) is 6.28. The lowest BCUT2D eigenvalue weighted by Gasteiger charge is -2.18. The first-order chi connectivity index (χ1) is 8.45. The number of amides is 1. The van der Waals surface area contributed by atoms with Crippen molar-refractivity contribution in [3.05, 3.63) is 23.5 Å². The van der Waals surface area contributed by atoms with Gasteiger partial charge in [0.25, 0.3) is 0 Å². The fourth-order valence-electron chi connectivity index (χ4n) is 2.77. The van der Waals surface area contributed by atoms with Gasteiger partial charge >= 0.3 is 0 Å². The largest absolute Gasteiger partial charge is 0.342 e. The minimum absolute atomic E-state index is 0.171. The zero-order valence-corrected chi connectivity index (χ0v) is 11.2. The molecule has 0 radical (unpaired) electrons. The highest BCUT2D eigenvalue weighted by molar-refractivity contribution is 6.09. The normalized spacial score (nSPS) is 17.6. The number of H-pyrrole nitrogens is 1. The van der Waals surface area contributed by atoms with Crippen molar-refractivity contribution >= 4 is 22.6 Å². The summed E-state index contributed by atoms with van der Waals surface area (Å²) in [5, 5.41) is 0. The van der Waals surface area contributed by atoms with E-state index >= 15 is 0 Å². The topological polar surface area (TPSA) is 49.0 Å². The number of aryl methyl sites for hydroxylation is 1. The lowest BCUT2D eigenvalue weighted by atomic mass is 9.86. The number of fused-ring (bicyclic) bond motifs is 2. The zero-order chi connectivity index (χ0) is 13.1. The Morgan fingerprint density at radius 2 is 2.11 bits per heavy atom. The molecule has 1 aromatic heterocycles. The molecule has 0 unspecified atom stereocenters. The van der Waals surface area contributed by atoms with Crippen LogP contribution in [0.15, 0.2) is 12.1 Å². The number of carbonyl (C=O) groups is 1. The summed E-state index contributed by atoms with van der Waals surface area (Å²) in [6.45, 7) is 8.62. The Balaban J connectivity index is 2.33. The third kappa shape index (κ3) is 1.26. The third-order valence-electron chi connectivity index (χ3n) is 3.78. The van der Waals surface area contributed by atoms with Crippen LogP contribution in [-0.4, -0.2) is 22.4 Å². The monoisotopic (exact) mass is 243 g/mol. The number of nitrogens with zero attached hydrogens (tertiary/aromatic N) is 2. The number of imidazole rings is 1. The van der Waals surface area contributed by atoms with Gasteiger partial charge in [0.2, 0.25) is 5.91 Å². The summed E-state index contributed by atoms with van der Waals surface area (Å²) >= 11 is 0. The number of anilines is 1. The fraction of sp³-hybridized carbons (Fsp3) is 0.429. The van der Waals surface area contributed by atoms with Crippen LogP contribution in [0.5, 0.6) is 0 Å². The maximum atomic E-state index is 12.4. The van der Waals surface area contributed by atoms with Crippen LogP contribution < -0.4 is 4.90 Å². The van der Waals surface area contributed by atoms with Gasteiger partial charge in [-0.05, 0) is 45.4 Å². The fourth-order valence-corrected chi connectivity index (χ4v) is 2.77. The van der Waals surface area contributed by atoms with E-state index in [4.69, 9.17) is 0 Å². The number of aromatic amines is 1. The van der Waals surface area contributed by atoms with Crippen molar-refractivity contribution in [3.63, 3.8) is 0 Å². The smallest absolute Gasteiger partial charge is 0.237 e. The number of hydrogen-bond acceptors (Lipinski definition) is 2. The first-order valence-corrected chi connectivity index (χ1v) is 6.28. The van der Waals surface area contributed by atoms with Crippen LogP contribution in [0, 0.1) is 6.92 Å². The molecule has 2 heterocycles. The Morgan fingerprint density at radius 1 is 1.39 bits per heavy atom. The molecule has 0 fully saturated rings. The maximum absolute atomic E-state index is 12.4. The predicted octanol–water partition coefficient (Wildman–Crippen LogP) is 2.52. The summed E-state index contributed by atoms with van der Waals surface area (Å²) < 4.78 is 0. The lowest BCUT2D eigenvalue weighted by Crippen LogP contribution is -2.35. The van der Waals surface area contributed by atoms with E-state index in [-0.39, 0.29) is 5.91 Å². The van der Waals surface area contributed by atoms with Crippen molar-refractivity contribution in [2.75, 3.05) is 11.4 Å². The highest BCUT2D eigenvalue weighted by Crippen LogP contribution is 2.42. The summed E-state index contributed by atoms with van der Waals surface area (Å²) in [6.07, 6.45) is 0. The van der Waals surface area contributed by atoms with Gasteiger partial charge in [0.1, 0.15) is 5.82 Å². The summed E-state index contributed by atoms with van der Waals surface area (Å²) in [4.78, 5) is 21.9.